The summed E-state index contributed by atoms with van der Waals surface area (Å²) in [7, 11) is -4.36. The number of nitrogens with one attached hydrogen (secondary N) is 1. The smallest absolute Gasteiger partial charge is 0.288 e. The van der Waals surface area contributed by atoms with Crippen LogP contribution >= 0.6 is 11.6 Å². The van der Waals surface area contributed by atoms with Crippen molar-refractivity contribution in [3.05, 3.63) is 98.3 Å². The van der Waals surface area contributed by atoms with Gasteiger partial charge in [-0.2, -0.15) is 13.5 Å². The number of azo groups is 1. The molecule has 172 valence electrons. The van der Waals surface area contributed by atoms with E-state index in [4.69, 9.17) is 16.2 Å². The maximum absolute atomic E-state index is 13.2. The van der Waals surface area contributed by atoms with Crippen LogP contribution in [0.3, 0.4) is 0 Å². The zero-order valence-electron chi connectivity index (χ0n) is 17.0. The Kier molecular flexibility index (Phi) is 6.11. The fraction of sp³-hybridized carbons (Fsp3) is 0. The Morgan fingerprint density at radius 3 is 2.12 bits per heavy atom. The van der Waals surface area contributed by atoms with Crippen LogP contribution in [-0.4, -0.2) is 27.7 Å². The lowest BCUT2D eigenvalue weighted by Crippen LogP contribution is -2.13. The number of nitro benzene ring substituents is 1. The van der Waals surface area contributed by atoms with Crippen molar-refractivity contribution in [2.45, 2.75) is 4.90 Å². The van der Waals surface area contributed by atoms with E-state index in [1.165, 1.54) is 41.1 Å². The molecular formula is C21H14ClN5O6S. The summed E-state index contributed by atoms with van der Waals surface area (Å²) < 4.78 is 32.7. The van der Waals surface area contributed by atoms with Gasteiger partial charge in [0.2, 0.25) is 0 Å². The van der Waals surface area contributed by atoms with Gasteiger partial charge in [-0.05, 0) is 60.7 Å². The van der Waals surface area contributed by atoms with Gasteiger partial charge in [-0.3, -0.25) is 24.6 Å². The first-order valence-corrected chi connectivity index (χ1v) is 11.3. The van der Waals surface area contributed by atoms with Crippen LogP contribution in [0.2, 0.25) is 5.02 Å². The first-order chi connectivity index (χ1) is 16.1. The van der Waals surface area contributed by atoms with E-state index < -0.39 is 20.6 Å². The summed E-state index contributed by atoms with van der Waals surface area (Å²) in [6.45, 7) is 0. The zero-order valence-corrected chi connectivity index (χ0v) is 18.6. The maximum Gasteiger partial charge on any atom is 0.299 e. The molecule has 1 aromatic heterocycles. The Hall–Kier alpha value is -4.13. The predicted octanol–water partition coefficient (Wildman–Crippen LogP) is 5.06. The van der Waals surface area contributed by atoms with E-state index in [-0.39, 0.29) is 27.7 Å². The molecule has 0 aliphatic carbocycles. The number of hydrogen-bond acceptors (Lipinski definition) is 7. The number of nitro groups is 1. The summed E-state index contributed by atoms with van der Waals surface area (Å²) in [5, 5.41) is 22.5. The van der Waals surface area contributed by atoms with Gasteiger partial charge in [0.15, 0.2) is 5.69 Å². The molecule has 4 aromatic rings. The van der Waals surface area contributed by atoms with Gasteiger partial charge in [-0.25, -0.2) is 4.68 Å². The third-order valence-corrected chi connectivity index (χ3v) is 5.84. The van der Waals surface area contributed by atoms with Crippen LogP contribution in [-0.2, 0) is 10.1 Å². The first-order valence-electron chi connectivity index (χ1n) is 9.48. The summed E-state index contributed by atoms with van der Waals surface area (Å²) in [6.07, 6.45) is 0. The van der Waals surface area contributed by atoms with Crippen molar-refractivity contribution in [2.24, 2.45) is 10.2 Å². The van der Waals surface area contributed by atoms with Crippen molar-refractivity contribution in [3.8, 4) is 16.9 Å². The molecule has 3 aromatic carbocycles. The van der Waals surface area contributed by atoms with E-state index >= 15 is 0 Å². The molecule has 4 rings (SSSR count). The van der Waals surface area contributed by atoms with Gasteiger partial charge in [0.05, 0.1) is 26.9 Å². The van der Waals surface area contributed by atoms with Gasteiger partial charge in [-0.15, -0.1) is 5.11 Å². The lowest BCUT2D eigenvalue weighted by molar-refractivity contribution is -0.384. The highest BCUT2D eigenvalue weighted by atomic mass is 35.5. The second-order valence-corrected chi connectivity index (χ2v) is 8.78. The molecule has 13 heteroatoms. The average Bonchev–Trinajstić information content (AvgIpc) is 3.14. The number of nitrogens with zero attached hydrogens (tertiary/aromatic N) is 4. The summed E-state index contributed by atoms with van der Waals surface area (Å²) >= 11 is 5.93. The van der Waals surface area contributed by atoms with Crippen LogP contribution in [0.5, 0.6) is 0 Å². The zero-order chi connectivity index (χ0) is 24.5. The molecule has 0 unspecified atom stereocenters. The number of benzene rings is 3. The minimum atomic E-state index is -4.36. The number of non-ortho nitro benzene ring substituents is 1. The number of aromatic amines is 1. The third kappa shape index (κ3) is 4.78. The van der Waals surface area contributed by atoms with Crippen molar-refractivity contribution in [2.75, 3.05) is 0 Å². The quantitative estimate of drug-likeness (QED) is 0.163. The van der Waals surface area contributed by atoms with Gasteiger partial charge >= 0.3 is 0 Å². The number of aromatic nitrogens is 2. The predicted molar refractivity (Wildman–Crippen MR) is 124 cm³/mol. The monoisotopic (exact) mass is 499 g/mol. The van der Waals surface area contributed by atoms with Gasteiger partial charge in [0.1, 0.15) is 0 Å². The van der Waals surface area contributed by atoms with Crippen LogP contribution in [0.1, 0.15) is 0 Å². The van der Waals surface area contributed by atoms with Crippen LogP contribution in [0, 0.1) is 10.1 Å². The fourth-order valence-electron chi connectivity index (χ4n) is 3.04. The summed E-state index contributed by atoms with van der Waals surface area (Å²) in [6, 6.07) is 16.9. The Morgan fingerprint density at radius 1 is 0.941 bits per heavy atom. The second kappa shape index (κ2) is 9.02. The molecule has 11 nitrogen and oxygen atoms in total. The molecule has 0 saturated heterocycles. The van der Waals surface area contributed by atoms with Crippen LogP contribution in [0.15, 0.2) is 92.7 Å². The van der Waals surface area contributed by atoms with Crippen LogP contribution in [0.4, 0.5) is 17.1 Å². The Morgan fingerprint density at radius 2 is 1.56 bits per heavy atom. The third-order valence-electron chi connectivity index (χ3n) is 4.72. The Balaban J connectivity index is 1.81. The Bertz CT molecular complexity index is 1560. The first kappa shape index (κ1) is 23.0. The van der Waals surface area contributed by atoms with Crippen LogP contribution < -0.4 is 5.56 Å². The molecule has 0 atom stereocenters. The highest BCUT2D eigenvalue weighted by Gasteiger charge is 2.18. The lowest BCUT2D eigenvalue weighted by Gasteiger charge is -2.02. The molecule has 0 aliphatic rings. The van der Waals surface area contributed by atoms with Crippen molar-refractivity contribution < 1.29 is 17.9 Å². The highest BCUT2D eigenvalue weighted by Crippen LogP contribution is 2.30. The Labute approximate surface area is 196 Å². The SMILES string of the molecule is O=c1c(N=Nc2ccc(S(=O)(=O)O)cc2)c(-c2ccc([N+](=O)[O-])cc2)[nH]n1-c1ccc(Cl)cc1. The molecule has 0 fully saturated rings. The van der Waals surface area contributed by atoms with Gasteiger partial charge in [0.25, 0.3) is 21.4 Å². The van der Waals surface area contributed by atoms with Gasteiger partial charge in [-0.1, -0.05) is 11.6 Å². The molecule has 2 N–H and O–H groups in total. The number of rotatable bonds is 6. The average molecular weight is 500 g/mol. The van der Waals surface area contributed by atoms with Crippen molar-refractivity contribution >= 4 is 38.8 Å². The topological polar surface area (TPSA) is 160 Å². The summed E-state index contributed by atoms with van der Waals surface area (Å²) in [4.78, 5) is 23.3. The fourth-order valence-corrected chi connectivity index (χ4v) is 3.64. The normalized spacial score (nSPS) is 11.7. The van der Waals surface area contributed by atoms with E-state index in [0.29, 0.717) is 16.3 Å². The van der Waals surface area contributed by atoms with E-state index in [9.17, 15) is 23.3 Å². The minimum absolute atomic E-state index is 0.0809. The molecule has 0 aliphatic heterocycles. The van der Waals surface area contributed by atoms with Crippen molar-refractivity contribution in [1.29, 1.82) is 0 Å². The molecule has 0 bridgehead atoms. The standard InChI is InChI=1S/C21H14ClN5O6S/c22-14-3-9-16(10-4-14)26-21(28)20(19(25-26)13-1-7-17(8-2-13)27(29)30)24-23-15-5-11-18(12-6-15)34(31,32)33/h1-12,25H,(H,31,32,33). The second-order valence-electron chi connectivity index (χ2n) is 6.93. The number of H-pyrrole nitrogens is 1. The van der Waals surface area contributed by atoms with E-state index in [0.717, 1.165) is 12.1 Å². The molecule has 0 amide bonds. The van der Waals surface area contributed by atoms with E-state index in [2.05, 4.69) is 15.3 Å². The molecule has 1 heterocycles. The minimum Gasteiger partial charge on any atom is -0.288 e. The van der Waals surface area contributed by atoms with Gasteiger partial charge in [0, 0.05) is 22.7 Å². The van der Waals surface area contributed by atoms with E-state index in [1.807, 2.05) is 0 Å². The van der Waals surface area contributed by atoms with E-state index in [1.54, 1.807) is 24.3 Å². The highest BCUT2D eigenvalue weighted by molar-refractivity contribution is 7.85. The number of halogens is 1. The molecule has 0 saturated carbocycles. The molecule has 34 heavy (non-hydrogen) atoms. The summed E-state index contributed by atoms with van der Waals surface area (Å²) in [5.41, 5.74) is 0.651. The van der Waals surface area contributed by atoms with Crippen molar-refractivity contribution in [1.82, 2.24) is 9.78 Å². The molecular weight excluding hydrogens is 486 g/mol. The van der Waals surface area contributed by atoms with Crippen LogP contribution in [0.25, 0.3) is 16.9 Å². The maximum atomic E-state index is 13.2. The molecule has 0 radical (unpaired) electrons. The lowest BCUT2D eigenvalue weighted by atomic mass is 10.1. The number of hydrogen-bond donors (Lipinski definition) is 2. The van der Waals surface area contributed by atoms with Gasteiger partial charge < -0.3 is 0 Å². The molecule has 0 spiro atoms. The summed E-state index contributed by atoms with van der Waals surface area (Å²) in [5.74, 6) is 0. The largest absolute Gasteiger partial charge is 0.299 e. The van der Waals surface area contributed by atoms with Crippen molar-refractivity contribution in [3.63, 3.8) is 0 Å².